The van der Waals surface area contributed by atoms with Crippen LogP contribution in [0, 0.1) is 0 Å². The van der Waals surface area contributed by atoms with Crippen LogP contribution in [0.15, 0.2) is 72.0 Å². The molecular formula is C20H20N4O2. The Morgan fingerprint density at radius 3 is 2.50 bits per heavy atom. The van der Waals surface area contributed by atoms with Gasteiger partial charge in [0.25, 0.3) is 5.91 Å². The van der Waals surface area contributed by atoms with Gasteiger partial charge >= 0.3 is 0 Å². The van der Waals surface area contributed by atoms with Crippen molar-refractivity contribution in [3.63, 3.8) is 0 Å². The number of carbonyl (C=O) groups is 1. The summed E-state index contributed by atoms with van der Waals surface area (Å²) in [5.41, 5.74) is 5.54. The molecule has 132 valence electrons. The van der Waals surface area contributed by atoms with Gasteiger partial charge in [0, 0.05) is 31.7 Å². The van der Waals surface area contributed by atoms with E-state index in [1.807, 2.05) is 66.2 Å². The molecule has 3 rings (SSSR count). The maximum absolute atomic E-state index is 12.1. The predicted octanol–water partition coefficient (Wildman–Crippen LogP) is 3.01. The number of hydrogen-bond donors (Lipinski definition) is 2. The van der Waals surface area contributed by atoms with Crippen molar-refractivity contribution in [1.29, 1.82) is 0 Å². The summed E-state index contributed by atoms with van der Waals surface area (Å²) in [5, 5.41) is 13.7. The third-order valence-corrected chi connectivity index (χ3v) is 3.94. The molecule has 0 unspecified atom stereocenters. The summed E-state index contributed by atoms with van der Waals surface area (Å²) in [7, 11) is 3.99. The molecule has 6 nitrogen and oxygen atoms in total. The number of aromatic hydroxyl groups is 1. The maximum Gasteiger partial charge on any atom is 0.275 e. The van der Waals surface area contributed by atoms with Gasteiger partial charge in [-0.15, -0.1) is 0 Å². The average Bonchev–Trinajstić information content (AvgIpc) is 3.10. The lowest BCUT2D eigenvalue weighted by Crippen LogP contribution is -2.17. The van der Waals surface area contributed by atoms with E-state index in [-0.39, 0.29) is 11.3 Å². The third-order valence-electron chi connectivity index (χ3n) is 3.94. The second kappa shape index (κ2) is 7.57. The number of para-hydroxylation sites is 1. The highest BCUT2D eigenvalue weighted by Gasteiger charge is 2.09. The number of phenolic OH excluding ortho intramolecular Hbond substituents is 1. The fraction of sp³-hybridized carbons (Fsp3) is 0.100. The number of anilines is 1. The highest BCUT2D eigenvalue weighted by Crippen LogP contribution is 2.17. The molecule has 0 spiro atoms. The minimum Gasteiger partial charge on any atom is -0.507 e. The predicted molar refractivity (Wildman–Crippen MR) is 103 cm³/mol. The summed E-state index contributed by atoms with van der Waals surface area (Å²) in [6.07, 6.45) is 3.49. The van der Waals surface area contributed by atoms with Crippen LogP contribution in [0.3, 0.4) is 0 Å². The number of hydrazone groups is 1. The van der Waals surface area contributed by atoms with E-state index in [1.54, 1.807) is 18.3 Å². The molecule has 0 radical (unpaired) electrons. The van der Waals surface area contributed by atoms with Gasteiger partial charge in [0.05, 0.1) is 17.5 Å². The summed E-state index contributed by atoms with van der Waals surface area (Å²) in [6, 6.07) is 18.3. The minimum absolute atomic E-state index is 0.0791. The zero-order valence-corrected chi connectivity index (χ0v) is 14.6. The molecular weight excluding hydrogens is 328 g/mol. The van der Waals surface area contributed by atoms with Gasteiger partial charge in [-0.1, -0.05) is 12.1 Å². The van der Waals surface area contributed by atoms with Gasteiger partial charge in [-0.05, 0) is 48.5 Å². The Labute approximate surface area is 152 Å². The number of nitrogens with zero attached hydrogens (tertiary/aromatic N) is 3. The van der Waals surface area contributed by atoms with Crippen molar-refractivity contribution >= 4 is 17.8 Å². The van der Waals surface area contributed by atoms with Gasteiger partial charge in [-0.25, -0.2) is 5.43 Å². The molecule has 0 saturated carbocycles. The molecule has 0 saturated heterocycles. The van der Waals surface area contributed by atoms with Crippen molar-refractivity contribution in [1.82, 2.24) is 9.99 Å². The number of nitrogens with one attached hydrogen (secondary N) is 1. The van der Waals surface area contributed by atoms with Crippen molar-refractivity contribution < 1.29 is 9.90 Å². The lowest BCUT2D eigenvalue weighted by molar-refractivity contribution is 0.0952. The van der Waals surface area contributed by atoms with Crippen LogP contribution in [0.4, 0.5) is 5.69 Å². The normalized spacial score (nSPS) is 10.8. The molecule has 0 aliphatic carbocycles. The van der Waals surface area contributed by atoms with E-state index < -0.39 is 5.91 Å². The number of benzene rings is 2. The van der Waals surface area contributed by atoms with E-state index in [9.17, 15) is 9.90 Å². The zero-order chi connectivity index (χ0) is 18.5. The first-order chi connectivity index (χ1) is 12.6. The number of carbonyl (C=O) groups excluding carboxylic acids is 1. The Kier molecular flexibility index (Phi) is 5.03. The van der Waals surface area contributed by atoms with Crippen molar-refractivity contribution in [2.75, 3.05) is 19.0 Å². The van der Waals surface area contributed by atoms with E-state index in [1.165, 1.54) is 12.1 Å². The minimum atomic E-state index is -0.465. The molecule has 0 atom stereocenters. The number of phenols is 1. The van der Waals surface area contributed by atoms with E-state index >= 15 is 0 Å². The lowest BCUT2D eigenvalue weighted by Gasteiger charge is -2.13. The third kappa shape index (κ3) is 3.75. The molecule has 1 amide bonds. The van der Waals surface area contributed by atoms with Crippen LogP contribution in [0.2, 0.25) is 0 Å². The Hall–Kier alpha value is -3.54. The topological polar surface area (TPSA) is 69.9 Å². The largest absolute Gasteiger partial charge is 0.507 e. The van der Waals surface area contributed by atoms with Gasteiger partial charge in [0.1, 0.15) is 5.75 Å². The Bertz CT molecular complexity index is 927. The summed E-state index contributed by atoms with van der Waals surface area (Å²) in [6.45, 7) is 0. The van der Waals surface area contributed by atoms with Crippen molar-refractivity contribution in [2.45, 2.75) is 0 Å². The fourth-order valence-corrected chi connectivity index (χ4v) is 2.53. The molecule has 0 fully saturated rings. The summed E-state index contributed by atoms with van der Waals surface area (Å²) < 4.78 is 1.97. The monoisotopic (exact) mass is 348 g/mol. The molecule has 26 heavy (non-hydrogen) atoms. The van der Waals surface area contributed by atoms with Crippen LogP contribution in [0.1, 0.15) is 16.1 Å². The van der Waals surface area contributed by atoms with E-state index in [4.69, 9.17) is 0 Å². The van der Waals surface area contributed by atoms with Crippen molar-refractivity contribution in [3.05, 3.63) is 78.1 Å². The SMILES string of the molecule is CN(C)c1ccc(-n2cccc2/C=N/NC(=O)c2ccccc2O)cc1. The molecule has 6 heteroatoms. The summed E-state index contributed by atoms with van der Waals surface area (Å²) in [4.78, 5) is 14.1. The van der Waals surface area contributed by atoms with Gasteiger partial charge < -0.3 is 14.6 Å². The zero-order valence-electron chi connectivity index (χ0n) is 14.6. The first kappa shape index (κ1) is 17.3. The van der Waals surface area contributed by atoms with Crippen LogP contribution in [-0.4, -0.2) is 35.9 Å². The van der Waals surface area contributed by atoms with E-state index in [0.717, 1.165) is 17.1 Å². The molecule has 2 aromatic carbocycles. The first-order valence-electron chi connectivity index (χ1n) is 8.13. The lowest BCUT2D eigenvalue weighted by atomic mass is 10.2. The van der Waals surface area contributed by atoms with Crippen LogP contribution < -0.4 is 10.3 Å². The molecule has 0 aliphatic heterocycles. The Balaban J connectivity index is 1.73. The molecule has 1 heterocycles. The van der Waals surface area contributed by atoms with Crippen LogP contribution in [-0.2, 0) is 0 Å². The smallest absolute Gasteiger partial charge is 0.275 e. The van der Waals surface area contributed by atoms with Gasteiger partial charge in [0.15, 0.2) is 0 Å². The number of amides is 1. The molecule has 0 aliphatic rings. The Morgan fingerprint density at radius 2 is 1.81 bits per heavy atom. The van der Waals surface area contributed by atoms with Crippen LogP contribution in [0.25, 0.3) is 5.69 Å². The molecule has 3 aromatic rings. The van der Waals surface area contributed by atoms with Crippen molar-refractivity contribution in [3.8, 4) is 11.4 Å². The molecule has 2 N–H and O–H groups in total. The second-order valence-electron chi connectivity index (χ2n) is 5.93. The summed E-state index contributed by atoms with van der Waals surface area (Å²) >= 11 is 0. The van der Waals surface area contributed by atoms with Gasteiger partial charge in [0.2, 0.25) is 0 Å². The second-order valence-corrected chi connectivity index (χ2v) is 5.93. The van der Waals surface area contributed by atoms with E-state index in [0.29, 0.717) is 0 Å². The number of aromatic nitrogens is 1. The van der Waals surface area contributed by atoms with Crippen molar-refractivity contribution in [2.24, 2.45) is 5.10 Å². The van der Waals surface area contributed by atoms with Crippen LogP contribution >= 0.6 is 0 Å². The highest BCUT2D eigenvalue weighted by atomic mass is 16.3. The fourth-order valence-electron chi connectivity index (χ4n) is 2.53. The van der Waals surface area contributed by atoms with E-state index in [2.05, 4.69) is 10.5 Å². The average molecular weight is 348 g/mol. The number of rotatable bonds is 5. The molecule has 1 aromatic heterocycles. The first-order valence-corrected chi connectivity index (χ1v) is 8.13. The summed E-state index contributed by atoms with van der Waals surface area (Å²) in [5.74, 6) is -0.544. The van der Waals surface area contributed by atoms with Gasteiger partial charge in [-0.2, -0.15) is 5.10 Å². The van der Waals surface area contributed by atoms with Crippen LogP contribution in [0.5, 0.6) is 5.75 Å². The standard InChI is InChI=1S/C20H20N4O2/c1-23(2)15-9-11-16(12-10-15)24-13-5-6-17(24)14-21-22-20(26)18-7-3-4-8-19(18)25/h3-14,25H,1-2H3,(H,22,26)/b21-14+. The Morgan fingerprint density at radius 1 is 1.08 bits per heavy atom. The maximum atomic E-state index is 12.1. The quantitative estimate of drug-likeness (QED) is 0.550. The van der Waals surface area contributed by atoms with Gasteiger partial charge in [-0.3, -0.25) is 4.79 Å². The molecule has 0 bridgehead atoms. The highest BCUT2D eigenvalue weighted by molar-refractivity contribution is 5.97. The number of hydrogen-bond acceptors (Lipinski definition) is 4.